The summed E-state index contributed by atoms with van der Waals surface area (Å²) in [6.07, 6.45) is 63.8. The van der Waals surface area contributed by atoms with Crippen LogP contribution in [0.15, 0.2) is 0 Å². The molecule has 0 spiro atoms. The van der Waals surface area contributed by atoms with E-state index in [2.05, 4.69) is 34.6 Å². The Morgan fingerprint density at radius 3 is 0.687 bits per heavy atom. The van der Waals surface area contributed by atoms with Crippen LogP contribution in [0, 0.1) is 5.92 Å². The van der Waals surface area contributed by atoms with Crippen LogP contribution in [0.1, 0.15) is 426 Å². The first kappa shape index (κ1) is 97.1. The van der Waals surface area contributed by atoms with Crippen molar-refractivity contribution in [1.29, 1.82) is 0 Å². The molecule has 0 saturated heterocycles. The molecule has 0 rings (SSSR count). The van der Waals surface area contributed by atoms with Gasteiger partial charge >= 0.3 is 39.5 Å². The third-order valence-corrected chi connectivity index (χ3v) is 20.7. The standard InChI is InChI=1S/C80H156O17P2/c1-6-9-12-15-18-21-24-26-28-29-30-31-32-33-34-36-40-46-51-56-61-66-80(85)97-76(70-91-78(83)64-59-54-49-44-41-37-38-42-47-52-57-62-73(4)5)72-95-99(88,89)93-68-74(81)67-92-98(86,87)94-71-75(69-90-77(82)63-58-53-48-43-23-20-17-14-11-8-3)96-79(84)65-60-55-50-45-39-35-27-25-22-19-16-13-10-7-2/h73-76,81H,6-72H2,1-5H3,(H,86,87)(H,88,89)/t74-,75+,76+/m0/s1. The van der Waals surface area contributed by atoms with Crippen LogP contribution in [0.2, 0.25) is 0 Å². The molecule has 0 heterocycles. The van der Waals surface area contributed by atoms with Crippen LogP contribution in [0.4, 0.5) is 0 Å². The van der Waals surface area contributed by atoms with Crippen molar-refractivity contribution in [3.63, 3.8) is 0 Å². The van der Waals surface area contributed by atoms with E-state index in [9.17, 15) is 43.2 Å². The lowest BCUT2D eigenvalue weighted by Crippen LogP contribution is -2.30. The van der Waals surface area contributed by atoms with Crippen LogP contribution in [-0.2, 0) is 65.4 Å². The third-order valence-electron chi connectivity index (χ3n) is 18.8. The van der Waals surface area contributed by atoms with Gasteiger partial charge in [0.1, 0.15) is 19.3 Å². The molecule has 0 aliphatic heterocycles. The number of phosphoric ester groups is 2. The SMILES string of the molecule is CCCCCCCCCCCCCCCCCCCCCCCC(=O)O[C@H](COC(=O)CCCCCCCCCCCCCC(C)C)COP(=O)(O)OC[C@@H](O)COP(=O)(O)OC[C@@H](COC(=O)CCCCCCCCCCCC)OC(=O)CCCCCCCCCCCCCCCC. The lowest BCUT2D eigenvalue weighted by Gasteiger charge is -2.21. The molecule has 99 heavy (non-hydrogen) atoms. The maximum atomic E-state index is 13.1. The minimum Gasteiger partial charge on any atom is -0.462 e. The van der Waals surface area contributed by atoms with Gasteiger partial charge in [-0.2, -0.15) is 0 Å². The van der Waals surface area contributed by atoms with Crippen LogP contribution in [0.5, 0.6) is 0 Å². The lowest BCUT2D eigenvalue weighted by atomic mass is 10.0. The zero-order valence-electron chi connectivity index (χ0n) is 64.6. The van der Waals surface area contributed by atoms with E-state index in [0.29, 0.717) is 25.7 Å². The van der Waals surface area contributed by atoms with E-state index in [1.54, 1.807) is 0 Å². The maximum absolute atomic E-state index is 13.1. The second-order valence-electron chi connectivity index (χ2n) is 29.3. The minimum absolute atomic E-state index is 0.108. The highest BCUT2D eigenvalue weighted by molar-refractivity contribution is 7.47. The highest BCUT2D eigenvalue weighted by atomic mass is 31.2. The minimum atomic E-state index is -4.96. The monoisotopic (exact) mass is 1450 g/mol. The number of rotatable bonds is 80. The summed E-state index contributed by atoms with van der Waals surface area (Å²) >= 11 is 0. The number of aliphatic hydroxyl groups excluding tert-OH is 1. The molecule has 0 aromatic rings. The molecule has 0 aliphatic rings. The summed E-state index contributed by atoms with van der Waals surface area (Å²) < 4.78 is 68.7. The molecule has 0 saturated carbocycles. The van der Waals surface area contributed by atoms with Gasteiger partial charge in [-0.25, -0.2) is 9.13 Å². The third kappa shape index (κ3) is 74.1. The normalized spacial score (nSPS) is 13.9. The predicted molar refractivity (Wildman–Crippen MR) is 405 cm³/mol. The van der Waals surface area contributed by atoms with Gasteiger partial charge in [-0.1, -0.05) is 375 Å². The Morgan fingerprint density at radius 2 is 0.465 bits per heavy atom. The molecule has 17 nitrogen and oxygen atoms in total. The summed E-state index contributed by atoms with van der Waals surface area (Å²) in [5, 5.41) is 10.6. The quantitative estimate of drug-likeness (QED) is 0.0222. The Bertz CT molecular complexity index is 1890. The van der Waals surface area contributed by atoms with E-state index in [4.69, 9.17) is 37.0 Å². The molecule has 0 aromatic carbocycles. The summed E-state index contributed by atoms with van der Waals surface area (Å²) in [7, 11) is -9.91. The van der Waals surface area contributed by atoms with Crippen LogP contribution < -0.4 is 0 Å². The number of aliphatic hydroxyl groups is 1. The van der Waals surface area contributed by atoms with Crippen LogP contribution in [-0.4, -0.2) is 96.7 Å². The van der Waals surface area contributed by atoms with Gasteiger partial charge in [0.15, 0.2) is 12.2 Å². The molecule has 0 fully saturated rings. The average molecular weight is 1450 g/mol. The van der Waals surface area contributed by atoms with E-state index in [1.165, 1.54) is 250 Å². The van der Waals surface area contributed by atoms with Crippen molar-refractivity contribution in [2.24, 2.45) is 5.92 Å². The number of unbranched alkanes of at least 4 members (excludes halogenated alkanes) is 52. The second kappa shape index (κ2) is 73.0. The number of esters is 4. The maximum Gasteiger partial charge on any atom is 0.472 e. The van der Waals surface area contributed by atoms with Gasteiger partial charge in [0.2, 0.25) is 0 Å². The van der Waals surface area contributed by atoms with Crippen molar-refractivity contribution < 1.29 is 80.2 Å². The zero-order chi connectivity index (χ0) is 72.7. The van der Waals surface area contributed by atoms with E-state index >= 15 is 0 Å². The van der Waals surface area contributed by atoms with Crippen LogP contribution >= 0.6 is 15.6 Å². The number of carbonyl (C=O) groups is 4. The fraction of sp³-hybridized carbons (Fsp3) is 0.950. The Kier molecular flexibility index (Phi) is 71.6. The molecule has 19 heteroatoms. The molecule has 0 bridgehead atoms. The fourth-order valence-electron chi connectivity index (χ4n) is 12.4. The second-order valence-corrected chi connectivity index (χ2v) is 32.2. The molecular weight excluding hydrogens is 1290 g/mol. The first-order valence-electron chi connectivity index (χ1n) is 41.6. The van der Waals surface area contributed by atoms with E-state index in [1.807, 2.05) is 0 Å². The molecule has 3 N–H and O–H groups in total. The lowest BCUT2D eigenvalue weighted by molar-refractivity contribution is -0.161. The van der Waals surface area contributed by atoms with E-state index in [0.717, 1.165) is 95.8 Å². The van der Waals surface area contributed by atoms with Gasteiger partial charge in [0, 0.05) is 25.7 Å². The Morgan fingerprint density at radius 1 is 0.273 bits per heavy atom. The Labute approximate surface area is 607 Å². The van der Waals surface area contributed by atoms with E-state index < -0.39 is 97.5 Å². The Hall–Kier alpha value is -1.94. The molecule has 0 aliphatic carbocycles. The van der Waals surface area contributed by atoms with Crippen molar-refractivity contribution in [2.45, 2.75) is 445 Å². The largest absolute Gasteiger partial charge is 0.472 e. The number of ether oxygens (including phenoxy) is 4. The molecule has 0 aromatic heterocycles. The molecular formula is C80H156O17P2. The van der Waals surface area contributed by atoms with Gasteiger partial charge < -0.3 is 33.8 Å². The van der Waals surface area contributed by atoms with Crippen LogP contribution in [0.3, 0.4) is 0 Å². The highest BCUT2D eigenvalue weighted by Crippen LogP contribution is 2.45. The molecule has 588 valence electrons. The number of phosphoric acid groups is 2. The average Bonchev–Trinajstić information content (AvgIpc) is 0.968. The summed E-state index contributed by atoms with van der Waals surface area (Å²) in [4.78, 5) is 72.9. The summed E-state index contributed by atoms with van der Waals surface area (Å²) in [6, 6.07) is 0. The van der Waals surface area contributed by atoms with Gasteiger partial charge in [-0.15, -0.1) is 0 Å². The number of hydrogen-bond donors (Lipinski definition) is 3. The molecule has 0 amide bonds. The van der Waals surface area contributed by atoms with Crippen molar-refractivity contribution >= 4 is 39.5 Å². The van der Waals surface area contributed by atoms with Crippen molar-refractivity contribution in [3.8, 4) is 0 Å². The van der Waals surface area contributed by atoms with E-state index in [-0.39, 0.29) is 25.7 Å². The summed E-state index contributed by atoms with van der Waals surface area (Å²) in [5.41, 5.74) is 0. The molecule has 5 atom stereocenters. The smallest absolute Gasteiger partial charge is 0.462 e. The van der Waals surface area contributed by atoms with Crippen molar-refractivity contribution in [2.75, 3.05) is 39.6 Å². The topological polar surface area (TPSA) is 237 Å². The van der Waals surface area contributed by atoms with Crippen LogP contribution in [0.25, 0.3) is 0 Å². The van der Waals surface area contributed by atoms with Gasteiger partial charge in [-0.05, 0) is 31.6 Å². The predicted octanol–water partition coefficient (Wildman–Crippen LogP) is 24.0. The summed E-state index contributed by atoms with van der Waals surface area (Å²) in [5.74, 6) is -1.34. The molecule has 0 radical (unpaired) electrons. The number of carbonyl (C=O) groups excluding carboxylic acids is 4. The fourth-order valence-corrected chi connectivity index (χ4v) is 14.0. The first-order valence-corrected chi connectivity index (χ1v) is 44.6. The Balaban J connectivity index is 5.21. The van der Waals surface area contributed by atoms with Gasteiger partial charge in [-0.3, -0.25) is 37.3 Å². The molecule has 2 unspecified atom stereocenters. The van der Waals surface area contributed by atoms with Crippen molar-refractivity contribution in [3.05, 3.63) is 0 Å². The number of hydrogen-bond acceptors (Lipinski definition) is 15. The highest BCUT2D eigenvalue weighted by Gasteiger charge is 2.30. The summed E-state index contributed by atoms with van der Waals surface area (Å²) in [6.45, 7) is 7.32. The van der Waals surface area contributed by atoms with Crippen molar-refractivity contribution in [1.82, 2.24) is 0 Å². The van der Waals surface area contributed by atoms with Gasteiger partial charge in [0.25, 0.3) is 0 Å². The zero-order valence-corrected chi connectivity index (χ0v) is 66.4. The first-order chi connectivity index (χ1) is 48.0. The van der Waals surface area contributed by atoms with Gasteiger partial charge in [0.05, 0.1) is 26.4 Å².